The van der Waals surface area contributed by atoms with Crippen LogP contribution in [-0.2, 0) is 0 Å². The highest BCUT2D eigenvalue weighted by molar-refractivity contribution is 9.11. The third-order valence-corrected chi connectivity index (χ3v) is 2.94. The van der Waals surface area contributed by atoms with Crippen molar-refractivity contribution >= 4 is 49.4 Å². The first-order valence-corrected chi connectivity index (χ1v) is 4.86. The summed E-state index contributed by atoms with van der Waals surface area (Å²) in [5.41, 5.74) is 0.0814. The summed E-state index contributed by atoms with van der Waals surface area (Å²) in [6, 6.07) is 3.14. The van der Waals surface area contributed by atoms with Gasteiger partial charge in [-0.15, -0.1) is 0 Å². The van der Waals surface area contributed by atoms with Crippen molar-refractivity contribution in [3.63, 3.8) is 0 Å². The molecular formula is C7H3Br2ClO2. The molecule has 1 aromatic rings. The summed E-state index contributed by atoms with van der Waals surface area (Å²) in [5, 5.41) is 8.90. The molecular weight excluding hydrogens is 311 g/mol. The van der Waals surface area contributed by atoms with Gasteiger partial charge in [0.25, 0.3) is 0 Å². The van der Waals surface area contributed by atoms with Crippen LogP contribution in [0.1, 0.15) is 10.4 Å². The van der Waals surface area contributed by atoms with E-state index in [0.717, 1.165) is 0 Å². The van der Waals surface area contributed by atoms with Crippen molar-refractivity contribution in [1.82, 2.24) is 0 Å². The molecule has 0 fully saturated rings. The minimum atomic E-state index is -1.04. The van der Waals surface area contributed by atoms with Crippen molar-refractivity contribution in [2.24, 2.45) is 0 Å². The predicted octanol–water partition coefficient (Wildman–Crippen LogP) is 3.56. The Morgan fingerprint density at radius 1 is 1.42 bits per heavy atom. The molecule has 0 saturated carbocycles. The van der Waals surface area contributed by atoms with E-state index < -0.39 is 5.97 Å². The van der Waals surface area contributed by atoms with Crippen LogP contribution in [0.3, 0.4) is 0 Å². The first kappa shape index (κ1) is 10.0. The molecule has 0 aliphatic rings. The molecule has 0 aliphatic carbocycles. The number of halogens is 3. The molecule has 0 atom stereocenters. The van der Waals surface area contributed by atoms with Gasteiger partial charge in [-0.25, -0.2) is 4.79 Å². The van der Waals surface area contributed by atoms with Crippen molar-refractivity contribution in [3.8, 4) is 0 Å². The lowest BCUT2D eigenvalue weighted by Gasteiger charge is -2.01. The van der Waals surface area contributed by atoms with Crippen LogP contribution in [0.2, 0.25) is 5.02 Å². The fourth-order valence-electron chi connectivity index (χ4n) is 0.712. The molecule has 1 aromatic carbocycles. The predicted molar refractivity (Wildman–Crippen MR) is 53.8 cm³/mol. The van der Waals surface area contributed by atoms with Crippen molar-refractivity contribution in [1.29, 1.82) is 0 Å². The first-order valence-electron chi connectivity index (χ1n) is 2.90. The zero-order valence-corrected chi connectivity index (χ0v) is 9.57. The molecule has 0 saturated heterocycles. The second kappa shape index (κ2) is 3.77. The minimum Gasteiger partial charge on any atom is -0.478 e. The lowest BCUT2D eigenvalue weighted by molar-refractivity contribution is 0.0697. The summed E-state index contributed by atoms with van der Waals surface area (Å²) in [4.78, 5) is 10.6. The summed E-state index contributed by atoms with van der Waals surface area (Å²) in [5.74, 6) is -1.04. The molecule has 0 unspecified atom stereocenters. The third-order valence-electron chi connectivity index (χ3n) is 1.22. The third kappa shape index (κ3) is 2.00. The van der Waals surface area contributed by atoms with Crippen LogP contribution in [0, 0.1) is 0 Å². The monoisotopic (exact) mass is 312 g/mol. The maximum absolute atomic E-state index is 10.6. The molecule has 0 radical (unpaired) electrons. The topological polar surface area (TPSA) is 37.3 Å². The van der Waals surface area contributed by atoms with Crippen LogP contribution in [0.5, 0.6) is 0 Å². The SMILES string of the molecule is O=C(O)c1cc(Br)cc(Br)c1Cl. The van der Waals surface area contributed by atoms with Crippen LogP contribution >= 0.6 is 43.5 Å². The van der Waals surface area contributed by atoms with E-state index in [-0.39, 0.29) is 10.6 Å². The number of hydrogen-bond donors (Lipinski definition) is 1. The fourth-order valence-corrected chi connectivity index (χ4v) is 2.13. The lowest BCUT2D eigenvalue weighted by Crippen LogP contribution is -1.97. The summed E-state index contributed by atoms with van der Waals surface area (Å²) < 4.78 is 1.24. The van der Waals surface area contributed by atoms with E-state index in [4.69, 9.17) is 16.7 Å². The van der Waals surface area contributed by atoms with Gasteiger partial charge in [-0.2, -0.15) is 0 Å². The maximum Gasteiger partial charge on any atom is 0.337 e. The van der Waals surface area contributed by atoms with Crippen LogP contribution in [0.15, 0.2) is 21.1 Å². The second-order valence-corrected chi connectivity index (χ2v) is 4.20. The number of carbonyl (C=O) groups is 1. The van der Waals surface area contributed by atoms with E-state index in [1.165, 1.54) is 6.07 Å². The van der Waals surface area contributed by atoms with E-state index >= 15 is 0 Å². The molecule has 1 N–H and O–H groups in total. The Bertz CT molecular complexity index is 338. The highest BCUT2D eigenvalue weighted by Crippen LogP contribution is 2.30. The zero-order valence-electron chi connectivity index (χ0n) is 5.64. The number of hydrogen-bond acceptors (Lipinski definition) is 1. The molecule has 2 nitrogen and oxygen atoms in total. The molecule has 5 heteroatoms. The van der Waals surface area contributed by atoms with Crippen molar-refractivity contribution in [3.05, 3.63) is 31.7 Å². The van der Waals surface area contributed by atoms with Gasteiger partial charge in [0.1, 0.15) is 0 Å². The molecule has 0 heterocycles. The van der Waals surface area contributed by atoms with Gasteiger partial charge in [0, 0.05) is 8.95 Å². The zero-order chi connectivity index (χ0) is 9.30. The Labute approximate surface area is 90.8 Å². The fraction of sp³-hybridized carbons (Fsp3) is 0. The van der Waals surface area contributed by atoms with E-state index in [1.807, 2.05) is 0 Å². The van der Waals surface area contributed by atoms with Gasteiger partial charge < -0.3 is 5.11 Å². The highest BCUT2D eigenvalue weighted by Gasteiger charge is 2.11. The summed E-state index contributed by atoms with van der Waals surface area (Å²) in [7, 11) is 0. The molecule has 0 bridgehead atoms. The van der Waals surface area contributed by atoms with Gasteiger partial charge in [-0.05, 0) is 28.1 Å². The Hall–Kier alpha value is -0.0600. The van der Waals surface area contributed by atoms with Gasteiger partial charge in [-0.1, -0.05) is 27.5 Å². The van der Waals surface area contributed by atoms with Gasteiger partial charge in [-0.3, -0.25) is 0 Å². The molecule has 0 amide bonds. The average Bonchev–Trinajstić information content (AvgIpc) is 1.96. The Morgan fingerprint density at radius 3 is 2.50 bits per heavy atom. The number of aromatic carboxylic acids is 1. The summed E-state index contributed by atoms with van der Waals surface area (Å²) >= 11 is 12.0. The van der Waals surface area contributed by atoms with Gasteiger partial charge >= 0.3 is 5.97 Å². The standard InChI is InChI=1S/C7H3Br2ClO2/c8-3-1-4(7(11)12)6(10)5(9)2-3/h1-2H,(H,11,12). The van der Waals surface area contributed by atoms with Gasteiger partial charge in [0.05, 0.1) is 10.6 Å². The van der Waals surface area contributed by atoms with Crippen molar-refractivity contribution < 1.29 is 9.90 Å². The molecule has 64 valence electrons. The maximum atomic E-state index is 10.6. The lowest BCUT2D eigenvalue weighted by atomic mass is 10.2. The van der Waals surface area contributed by atoms with Crippen LogP contribution in [0.4, 0.5) is 0 Å². The summed E-state index contributed by atoms with van der Waals surface area (Å²) in [6.45, 7) is 0. The average molecular weight is 314 g/mol. The first-order chi connectivity index (χ1) is 5.52. The number of carboxylic acid groups (broad SMARTS) is 1. The normalized spacial score (nSPS) is 9.92. The largest absolute Gasteiger partial charge is 0.478 e. The number of carboxylic acids is 1. The minimum absolute atomic E-state index is 0.0814. The Balaban J connectivity index is 3.37. The number of rotatable bonds is 1. The van der Waals surface area contributed by atoms with E-state index in [0.29, 0.717) is 8.95 Å². The Kier molecular flexibility index (Phi) is 3.15. The molecule has 1 rings (SSSR count). The van der Waals surface area contributed by atoms with Crippen LogP contribution in [0.25, 0.3) is 0 Å². The second-order valence-electron chi connectivity index (χ2n) is 2.05. The van der Waals surface area contributed by atoms with E-state index in [2.05, 4.69) is 31.9 Å². The van der Waals surface area contributed by atoms with Gasteiger partial charge in [0.15, 0.2) is 0 Å². The van der Waals surface area contributed by atoms with E-state index in [9.17, 15) is 4.79 Å². The molecule has 0 spiro atoms. The Morgan fingerprint density at radius 2 is 2.00 bits per heavy atom. The quantitative estimate of drug-likeness (QED) is 0.805. The van der Waals surface area contributed by atoms with Gasteiger partial charge in [0.2, 0.25) is 0 Å². The summed E-state index contributed by atoms with van der Waals surface area (Å²) in [6.07, 6.45) is 0. The van der Waals surface area contributed by atoms with Crippen molar-refractivity contribution in [2.75, 3.05) is 0 Å². The molecule has 0 aromatic heterocycles. The molecule has 0 aliphatic heterocycles. The van der Waals surface area contributed by atoms with E-state index in [1.54, 1.807) is 6.07 Å². The smallest absolute Gasteiger partial charge is 0.337 e. The van der Waals surface area contributed by atoms with Crippen LogP contribution in [-0.4, -0.2) is 11.1 Å². The highest BCUT2D eigenvalue weighted by atomic mass is 79.9. The van der Waals surface area contributed by atoms with Crippen molar-refractivity contribution in [2.45, 2.75) is 0 Å². The van der Waals surface area contributed by atoms with Crippen LogP contribution < -0.4 is 0 Å². The number of benzene rings is 1. The molecule has 12 heavy (non-hydrogen) atoms.